The third kappa shape index (κ3) is 6.00. The average Bonchev–Trinajstić information content (AvgIpc) is 3.23. The number of hydrogen-bond donors (Lipinski definition) is 0. The Hall–Kier alpha value is -3.17. The summed E-state index contributed by atoms with van der Waals surface area (Å²) in [4.78, 5) is 7.42. The lowest BCUT2D eigenvalue weighted by Gasteiger charge is -2.25. The van der Waals surface area contributed by atoms with Gasteiger partial charge in [-0.25, -0.2) is 4.98 Å². The number of rotatable bonds is 10. The second kappa shape index (κ2) is 11.1. The third-order valence-corrected chi connectivity index (χ3v) is 6.24. The maximum absolute atomic E-state index is 4.87. The van der Waals surface area contributed by atoms with Crippen molar-refractivity contribution in [3.8, 4) is 11.4 Å². The molecule has 3 aromatic carbocycles. The molecule has 0 aliphatic carbocycles. The highest BCUT2D eigenvalue weighted by Gasteiger charge is 2.16. The van der Waals surface area contributed by atoms with Gasteiger partial charge in [0.15, 0.2) is 0 Å². The Balaban J connectivity index is 1.66. The Kier molecular flexibility index (Phi) is 7.74. The fraction of sp³-hybridized carbons (Fsp3) is 0.300. The SMILES string of the molecule is CCCCn1c(CN(Cc2ccccc2)Cc2cc(C)ccc2C)cnc1-c1ccccc1. The van der Waals surface area contributed by atoms with E-state index in [4.69, 9.17) is 4.98 Å². The number of aromatic nitrogens is 2. The molecule has 3 nitrogen and oxygen atoms in total. The summed E-state index contributed by atoms with van der Waals surface area (Å²) < 4.78 is 2.43. The zero-order valence-electron chi connectivity index (χ0n) is 20.2. The molecule has 33 heavy (non-hydrogen) atoms. The maximum Gasteiger partial charge on any atom is 0.140 e. The molecule has 4 aromatic rings. The predicted octanol–water partition coefficient (Wildman–Crippen LogP) is 7.17. The third-order valence-electron chi connectivity index (χ3n) is 6.24. The molecule has 0 amide bonds. The lowest BCUT2D eigenvalue weighted by molar-refractivity contribution is 0.240. The molecule has 0 atom stereocenters. The first-order valence-corrected chi connectivity index (χ1v) is 12.1. The van der Waals surface area contributed by atoms with Crippen LogP contribution in [-0.2, 0) is 26.2 Å². The van der Waals surface area contributed by atoms with Crippen molar-refractivity contribution in [3.05, 3.63) is 113 Å². The Morgan fingerprint density at radius 2 is 1.55 bits per heavy atom. The Morgan fingerprint density at radius 3 is 2.27 bits per heavy atom. The number of aryl methyl sites for hydroxylation is 2. The molecule has 0 spiro atoms. The molecule has 170 valence electrons. The smallest absolute Gasteiger partial charge is 0.140 e. The second-order valence-electron chi connectivity index (χ2n) is 9.01. The van der Waals surface area contributed by atoms with Gasteiger partial charge in [-0.3, -0.25) is 4.90 Å². The van der Waals surface area contributed by atoms with E-state index >= 15 is 0 Å². The van der Waals surface area contributed by atoms with Gasteiger partial charge in [0.05, 0.1) is 11.9 Å². The van der Waals surface area contributed by atoms with E-state index in [-0.39, 0.29) is 0 Å². The minimum Gasteiger partial charge on any atom is -0.327 e. The predicted molar refractivity (Wildman–Crippen MR) is 138 cm³/mol. The molecular formula is C30H35N3. The summed E-state index contributed by atoms with van der Waals surface area (Å²) in [6, 6.07) is 28.1. The van der Waals surface area contributed by atoms with Crippen LogP contribution in [-0.4, -0.2) is 14.5 Å². The van der Waals surface area contributed by atoms with Crippen LogP contribution in [0, 0.1) is 13.8 Å². The number of imidazole rings is 1. The highest BCUT2D eigenvalue weighted by Crippen LogP contribution is 2.23. The molecule has 0 aliphatic rings. The summed E-state index contributed by atoms with van der Waals surface area (Å²) in [6.45, 7) is 10.3. The van der Waals surface area contributed by atoms with Gasteiger partial charge in [0.2, 0.25) is 0 Å². The second-order valence-corrected chi connectivity index (χ2v) is 9.01. The Labute approximate surface area is 198 Å². The van der Waals surface area contributed by atoms with Crippen LogP contribution in [0.1, 0.15) is 47.7 Å². The highest BCUT2D eigenvalue weighted by molar-refractivity contribution is 5.55. The summed E-state index contributed by atoms with van der Waals surface area (Å²) in [5.41, 5.74) is 7.87. The van der Waals surface area contributed by atoms with Crippen molar-refractivity contribution in [2.24, 2.45) is 0 Å². The van der Waals surface area contributed by atoms with Crippen molar-refractivity contribution < 1.29 is 0 Å². The van der Waals surface area contributed by atoms with E-state index in [1.54, 1.807) is 0 Å². The molecule has 0 bridgehead atoms. The Morgan fingerprint density at radius 1 is 0.818 bits per heavy atom. The van der Waals surface area contributed by atoms with Gasteiger partial charge < -0.3 is 4.57 Å². The number of benzene rings is 3. The molecule has 0 unspecified atom stereocenters. The summed E-state index contributed by atoms with van der Waals surface area (Å²) in [7, 11) is 0. The van der Waals surface area contributed by atoms with Crippen molar-refractivity contribution >= 4 is 0 Å². The monoisotopic (exact) mass is 437 g/mol. The van der Waals surface area contributed by atoms with E-state index in [1.165, 1.54) is 39.9 Å². The minimum absolute atomic E-state index is 0.867. The molecule has 3 heteroatoms. The van der Waals surface area contributed by atoms with Gasteiger partial charge in [-0.2, -0.15) is 0 Å². The van der Waals surface area contributed by atoms with Crippen LogP contribution >= 0.6 is 0 Å². The van der Waals surface area contributed by atoms with Crippen LogP contribution in [0.2, 0.25) is 0 Å². The summed E-state index contributed by atoms with van der Waals surface area (Å²) in [5, 5.41) is 0. The summed E-state index contributed by atoms with van der Waals surface area (Å²) in [5.74, 6) is 1.07. The minimum atomic E-state index is 0.867. The van der Waals surface area contributed by atoms with E-state index in [9.17, 15) is 0 Å². The standard InChI is InChI=1S/C30H35N3/c1-4-5-18-33-29(20-31-30(33)27-14-10-7-11-15-27)23-32(21-26-12-8-6-9-13-26)22-28-19-24(2)16-17-25(28)3/h6-17,19-20H,4-5,18,21-23H2,1-3H3. The molecule has 4 rings (SSSR count). The van der Waals surface area contributed by atoms with Crippen LogP contribution in [0.3, 0.4) is 0 Å². The zero-order chi connectivity index (χ0) is 23.0. The van der Waals surface area contributed by atoms with Crippen molar-refractivity contribution in [2.45, 2.75) is 59.8 Å². The van der Waals surface area contributed by atoms with Crippen LogP contribution in [0.5, 0.6) is 0 Å². The van der Waals surface area contributed by atoms with Gasteiger partial charge in [0, 0.05) is 31.7 Å². The first-order chi connectivity index (χ1) is 16.1. The van der Waals surface area contributed by atoms with Gasteiger partial charge >= 0.3 is 0 Å². The van der Waals surface area contributed by atoms with Gasteiger partial charge in [0.1, 0.15) is 5.82 Å². The van der Waals surface area contributed by atoms with E-state index in [2.05, 4.69) is 115 Å². The number of hydrogen-bond acceptors (Lipinski definition) is 2. The van der Waals surface area contributed by atoms with E-state index < -0.39 is 0 Å². The summed E-state index contributed by atoms with van der Waals surface area (Å²) in [6.07, 6.45) is 4.40. The van der Waals surface area contributed by atoms with Crippen molar-refractivity contribution in [1.82, 2.24) is 14.5 Å². The zero-order valence-corrected chi connectivity index (χ0v) is 20.2. The molecule has 1 heterocycles. The van der Waals surface area contributed by atoms with E-state index in [0.29, 0.717) is 0 Å². The summed E-state index contributed by atoms with van der Waals surface area (Å²) >= 11 is 0. The molecule has 1 aromatic heterocycles. The Bertz CT molecular complexity index is 1150. The molecule has 0 saturated heterocycles. The van der Waals surface area contributed by atoms with Crippen LogP contribution in [0.4, 0.5) is 0 Å². The lowest BCUT2D eigenvalue weighted by atomic mass is 10.0. The van der Waals surface area contributed by atoms with Crippen molar-refractivity contribution in [2.75, 3.05) is 0 Å². The van der Waals surface area contributed by atoms with E-state index in [0.717, 1.165) is 38.4 Å². The van der Waals surface area contributed by atoms with Gasteiger partial charge in [-0.1, -0.05) is 97.8 Å². The largest absolute Gasteiger partial charge is 0.327 e. The molecular weight excluding hydrogens is 402 g/mol. The topological polar surface area (TPSA) is 21.1 Å². The van der Waals surface area contributed by atoms with Crippen LogP contribution in [0.15, 0.2) is 85.1 Å². The number of unbranched alkanes of at least 4 members (excludes halogenated alkanes) is 1. The van der Waals surface area contributed by atoms with Gasteiger partial charge in [-0.05, 0) is 37.0 Å². The maximum atomic E-state index is 4.87. The first-order valence-electron chi connectivity index (χ1n) is 12.1. The van der Waals surface area contributed by atoms with E-state index in [1.807, 2.05) is 0 Å². The molecule has 0 radical (unpaired) electrons. The van der Waals surface area contributed by atoms with Crippen LogP contribution in [0.25, 0.3) is 11.4 Å². The van der Waals surface area contributed by atoms with Gasteiger partial charge in [-0.15, -0.1) is 0 Å². The molecule has 0 N–H and O–H groups in total. The van der Waals surface area contributed by atoms with Crippen molar-refractivity contribution in [3.63, 3.8) is 0 Å². The lowest BCUT2D eigenvalue weighted by Crippen LogP contribution is -2.24. The quantitative estimate of drug-likeness (QED) is 0.262. The average molecular weight is 438 g/mol. The first kappa shape index (κ1) is 23.0. The van der Waals surface area contributed by atoms with Crippen molar-refractivity contribution in [1.29, 1.82) is 0 Å². The number of nitrogens with zero attached hydrogens (tertiary/aromatic N) is 3. The highest BCUT2D eigenvalue weighted by atomic mass is 15.2. The van der Waals surface area contributed by atoms with Crippen LogP contribution < -0.4 is 0 Å². The molecule has 0 saturated carbocycles. The van der Waals surface area contributed by atoms with Gasteiger partial charge in [0.25, 0.3) is 0 Å². The normalized spacial score (nSPS) is 11.3. The fourth-order valence-electron chi connectivity index (χ4n) is 4.37. The molecule has 0 aliphatic heterocycles. The molecule has 0 fully saturated rings. The fourth-order valence-corrected chi connectivity index (χ4v) is 4.37.